The fraction of sp³-hybridized carbons (Fsp3) is 0.500. The molecule has 2 aromatic rings. The molecule has 0 aliphatic rings. The number of nitro benzene ring substituents is 2. The topological polar surface area (TPSA) is 165 Å². The summed E-state index contributed by atoms with van der Waals surface area (Å²) >= 11 is 0. The van der Waals surface area contributed by atoms with Gasteiger partial charge in [-0.3, -0.25) is 25.0 Å². The van der Waals surface area contributed by atoms with Crippen LogP contribution in [0, 0.1) is 20.2 Å². The number of carbonyl (C=O) groups is 1. The predicted molar refractivity (Wildman–Crippen MR) is 138 cm³/mol. The zero-order valence-corrected chi connectivity index (χ0v) is 21.1. The molecule has 0 aliphatic heterocycles. The Labute approximate surface area is 215 Å². The van der Waals surface area contributed by atoms with E-state index in [0.29, 0.717) is 13.0 Å². The van der Waals surface area contributed by atoms with Gasteiger partial charge in [0.2, 0.25) is 0 Å². The Morgan fingerprint density at radius 1 is 0.946 bits per heavy atom. The molecule has 0 aromatic heterocycles. The van der Waals surface area contributed by atoms with E-state index in [-0.39, 0.29) is 25.0 Å². The number of nitro groups is 2. The summed E-state index contributed by atoms with van der Waals surface area (Å²) in [5.74, 6) is -0.0689. The van der Waals surface area contributed by atoms with Gasteiger partial charge >= 0.3 is 0 Å². The Kier molecular flexibility index (Phi) is 11.9. The number of aliphatic hydroxyl groups excluding tert-OH is 2. The number of hydrogen-bond donors (Lipinski definition) is 3. The highest BCUT2D eigenvalue weighted by atomic mass is 16.6. The van der Waals surface area contributed by atoms with Gasteiger partial charge in [0.15, 0.2) is 0 Å². The minimum atomic E-state index is -1.24. The Bertz CT molecular complexity index is 1010. The minimum Gasteiger partial charge on any atom is -0.494 e. The largest absolute Gasteiger partial charge is 0.494 e. The molecular weight excluding hydrogens is 482 g/mol. The maximum Gasteiger partial charge on any atom is 0.277 e. The van der Waals surface area contributed by atoms with E-state index < -0.39 is 39.3 Å². The first-order valence-corrected chi connectivity index (χ1v) is 12.4. The second-order valence-electron chi connectivity index (χ2n) is 9.03. The molecule has 0 saturated carbocycles. The van der Waals surface area contributed by atoms with Crippen LogP contribution in [-0.4, -0.2) is 51.3 Å². The van der Waals surface area contributed by atoms with Crippen molar-refractivity contribution in [3.8, 4) is 5.75 Å². The van der Waals surface area contributed by atoms with Gasteiger partial charge in [-0.1, -0.05) is 44.7 Å². The van der Waals surface area contributed by atoms with Crippen molar-refractivity contribution in [2.24, 2.45) is 0 Å². The highest BCUT2D eigenvalue weighted by Crippen LogP contribution is 2.25. The van der Waals surface area contributed by atoms with E-state index in [2.05, 4.69) is 12.2 Å². The number of rotatable bonds is 17. The van der Waals surface area contributed by atoms with Crippen LogP contribution in [0.2, 0.25) is 0 Å². The van der Waals surface area contributed by atoms with E-state index in [9.17, 15) is 35.2 Å². The van der Waals surface area contributed by atoms with Gasteiger partial charge in [-0.2, -0.15) is 0 Å². The molecule has 0 heterocycles. The van der Waals surface area contributed by atoms with Gasteiger partial charge in [0.25, 0.3) is 17.3 Å². The second kappa shape index (κ2) is 14.9. The molecule has 1 amide bonds. The monoisotopic (exact) mass is 517 g/mol. The van der Waals surface area contributed by atoms with Gasteiger partial charge in [0.1, 0.15) is 5.75 Å². The first kappa shape index (κ1) is 29.7. The van der Waals surface area contributed by atoms with E-state index in [0.717, 1.165) is 42.4 Å². The van der Waals surface area contributed by atoms with Crippen LogP contribution >= 0.6 is 0 Å². The summed E-state index contributed by atoms with van der Waals surface area (Å²) in [4.78, 5) is 33.6. The lowest BCUT2D eigenvalue weighted by molar-refractivity contribution is -0.394. The Morgan fingerprint density at radius 3 is 2.11 bits per heavy atom. The molecule has 0 radical (unpaired) electrons. The standard InChI is InChI=1S/C26H35N3O8/c1-2-3-4-5-6-15-37-24-9-7-20(8-10-24)11-12-26(19-31,13-14-30)27-25(32)21-16-22(28(33)34)18-23(17-21)29(35)36/h7-10,16-18,30-31H,2-6,11-15,19H2,1H3,(H,27,32)/t26-/m1/s1. The second-order valence-corrected chi connectivity index (χ2v) is 9.03. The van der Waals surface area contributed by atoms with Crippen LogP contribution in [0.3, 0.4) is 0 Å². The average Bonchev–Trinajstić information content (AvgIpc) is 2.89. The number of benzene rings is 2. The normalized spacial score (nSPS) is 12.5. The van der Waals surface area contributed by atoms with Crippen LogP contribution < -0.4 is 10.1 Å². The summed E-state index contributed by atoms with van der Waals surface area (Å²) in [5, 5.41) is 44.7. The number of amides is 1. The third kappa shape index (κ3) is 9.43. The van der Waals surface area contributed by atoms with Gasteiger partial charge in [0, 0.05) is 18.7 Å². The zero-order valence-electron chi connectivity index (χ0n) is 21.1. The highest BCUT2D eigenvalue weighted by Gasteiger charge is 2.32. The summed E-state index contributed by atoms with van der Waals surface area (Å²) < 4.78 is 5.77. The number of unbranched alkanes of at least 4 members (excludes halogenated alkanes) is 4. The molecule has 37 heavy (non-hydrogen) atoms. The number of hydrogen-bond acceptors (Lipinski definition) is 8. The van der Waals surface area contributed by atoms with Crippen LogP contribution in [-0.2, 0) is 6.42 Å². The maximum absolute atomic E-state index is 12.9. The number of aliphatic hydroxyl groups is 2. The summed E-state index contributed by atoms with van der Waals surface area (Å²) in [6.07, 6.45) is 6.48. The van der Waals surface area contributed by atoms with E-state index in [1.54, 1.807) is 0 Å². The fourth-order valence-electron chi connectivity index (χ4n) is 3.94. The molecule has 1 atom stereocenters. The zero-order chi connectivity index (χ0) is 27.3. The van der Waals surface area contributed by atoms with E-state index in [1.165, 1.54) is 19.3 Å². The molecule has 3 N–H and O–H groups in total. The van der Waals surface area contributed by atoms with Crippen LogP contribution in [0.1, 0.15) is 67.8 Å². The number of ether oxygens (including phenoxy) is 1. The molecule has 2 rings (SSSR count). The Balaban J connectivity index is 2.06. The summed E-state index contributed by atoms with van der Waals surface area (Å²) in [7, 11) is 0. The molecule has 0 fully saturated rings. The van der Waals surface area contributed by atoms with Crippen molar-refractivity contribution >= 4 is 17.3 Å². The molecule has 202 valence electrons. The quantitative estimate of drug-likeness (QED) is 0.158. The number of aryl methyl sites for hydroxylation is 1. The fourth-order valence-corrected chi connectivity index (χ4v) is 3.94. The van der Waals surface area contributed by atoms with Crippen molar-refractivity contribution in [3.63, 3.8) is 0 Å². The van der Waals surface area contributed by atoms with E-state index in [1.807, 2.05) is 24.3 Å². The summed E-state index contributed by atoms with van der Waals surface area (Å²) in [5.41, 5.74) is -1.79. The van der Waals surface area contributed by atoms with Crippen molar-refractivity contribution < 1.29 is 29.6 Å². The molecule has 11 nitrogen and oxygen atoms in total. The lowest BCUT2D eigenvalue weighted by Crippen LogP contribution is -2.52. The highest BCUT2D eigenvalue weighted by molar-refractivity contribution is 5.96. The first-order valence-electron chi connectivity index (χ1n) is 12.4. The summed E-state index contributed by atoms with van der Waals surface area (Å²) in [6.45, 7) is 1.98. The number of carbonyl (C=O) groups excluding carboxylic acids is 1. The van der Waals surface area contributed by atoms with Gasteiger partial charge in [-0.25, -0.2) is 0 Å². The number of non-ortho nitro benzene ring substituents is 2. The Morgan fingerprint density at radius 2 is 1.57 bits per heavy atom. The van der Waals surface area contributed by atoms with Gasteiger partial charge in [0.05, 0.1) is 40.2 Å². The van der Waals surface area contributed by atoms with Crippen LogP contribution in [0.5, 0.6) is 5.75 Å². The lowest BCUT2D eigenvalue weighted by Gasteiger charge is -2.33. The maximum atomic E-state index is 12.9. The molecule has 0 bridgehead atoms. The van der Waals surface area contributed by atoms with Crippen molar-refractivity contribution in [2.75, 3.05) is 19.8 Å². The number of nitrogens with one attached hydrogen (secondary N) is 1. The molecule has 11 heteroatoms. The SMILES string of the molecule is CCCCCCCOc1ccc(CC[C@](CO)(CCO)NC(=O)c2cc([N+](=O)[O-])cc([N+](=O)[O-])c2)cc1. The molecule has 2 aromatic carbocycles. The summed E-state index contributed by atoms with van der Waals surface area (Å²) in [6, 6.07) is 10.1. The van der Waals surface area contributed by atoms with Crippen LogP contribution in [0.4, 0.5) is 11.4 Å². The molecular formula is C26H35N3O8. The van der Waals surface area contributed by atoms with Gasteiger partial charge < -0.3 is 20.3 Å². The van der Waals surface area contributed by atoms with Crippen molar-refractivity contribution in [1.29, 1.82) is 0 Å². The number of nitrogens with zero attached hydrogens (tertiary/aromatic N) is 2. The molecule has 0 aliphatic carbocycles. The average molecular weight is 518 g/mol. The van der Waals surface area contributed by atoms with Crippen LogP contribution in [0.15, 0.2) is 42.5 Å². The van der Waals surface area contributed by atoms with E-state index in [4.69, 9.17) is 4.74 Å². The third-order valence-corrected chi connectivity index (χ3v) is 6.19. The minimum absolute atomic E-state index is 0.0193. The van der Waals surface area contributed by atoms with Crippen molar-refractivity contribution in [1.82, 2.24) is 5.32 Å². The van der Waals surface area contributed by atoms with E-state index >= 15 is 0 Å². The molecule has 0 saturated heterocycles. The van der Waals surface area contributed by atoms with Gasteiger partial charge in [-0.05, 0) is 43.4 Å². The first-order chi connectivity index (χ1) is 17.7. The lowest BCUT2D eigenvalue weighted by atomic mass is 9.88. The third-order valence-electron chi connectivity index (χ3n) is 6.19. The Hall–Kier alpha value is -3.57. The van der Waals surface area contributed by atoms with Gasteiger partial charge in [-0.15, -0.1) is 0 Å². The molecule has 0 unspecified atom stereocenters. The van der Waals surface area contributed by atoms with Crippen LogP contribution in [0.25, 0.3) is 0 Å². The van der Waals surface area contributed by atoms with Crippen molar-refractivity contribution in [2.45, 2.75) is 63.8 Å². The molecule has 0 spiro atoms. The predicted octanol–water partition coefficient (Wildman–Crippen LogP) is 4.33. The van der Waals surface area contributed by atoms with Crippen molar-refractivity contribution in [3.05, 3.63) is 73.8 Å². The smallest absolute Gasteiger partial charge is 0.277 e.